The van der Waals surface area contributed by atoms with Gasteiger partial charge in [-0.15, -0.1) is 0 Å². The molecular weight excluding hydrogens is 258 g/mol. The van der Waals surface area contributed by atoms with Crippen LogP contribution in [-0.2, 0) is 0 Å². The first-order chi connectivity index (χ1) is 9.81. The average Bonchev–Trinajstić information content (AvgIpc) is 2.95. The van der Waals surface area contributed by atoms with Crippen LogP contribution < -0.4 is 18.9 Å². The van der Waals surface area contributed by atoms with E-state index in [9.17, 15) is 0 Å². The molecule has 1 aromatic carbocycles. The molecule has 0 saturated carbocycles. The van der Waals surface area contributed by atoms with Crippen LogP contribution in [0.15, 0.2) is 30.3 Å². The molecule has 0 radical (unpaired) electrons. The Morgan fingerprint density at radius 1 is 1.15 bits per heavy atom. The second-order valence-corrected chi connectivity index (χ2v) is 4.20. The minimum absolute atomic E-state index is 0.263. The van der Waals surface area contributed by atoms with E-state index in [0.717, 1.165) is 22.8 Å². The Hall–Kier alpha value is -2.43. The van der Waals surface area contributed by atoms with E-state index < -0.39 is 0 Å². The minimum atomic E-state index is 0.263. The highest BCUT2D eigenvalue weighted by Gasteiger charge is 2.15. The lowest BCUT2D eigenvalue weighted by molar-refractivity contribution is 0.174. The van der Waals surface area contributed by atoms with Crippen molar-refractivity contribution in [1.29, 1.82) is 0 Å². The molecule has 0 bridgehead atoms. The molecule has 0 atom stereocenters. The number of benzene rings is 1. The van der Waals surface area contributed by atoms with E-state index in [4.69, 9.17) is 18.9 Å². The quantitative estimate of drug-likeness (QED) is 0.857. The van der Waals surface area contributed by atoms with Crippen molar-refractivity contribution in [2.45, 2.75) is 6.92 Å². The third-order valence-corrected chi connectivity index (χ3v) is 2.99. The van der Waals surface area contributed by atoms with Crippen molar-refractivity contribution in [2.75, 3.05) is 20.5 Å². The number of ether oxygens (including phenoxy) is 4. The van der Waals surface area contributed by atoms with Gasteiger partial charge >= 0.3 is 0 Å². The summed E-state index contributed by atoms with van der Waals surface area (Å²) >= 11 is 0. The summed E-state index contributed by atoms with van der Waals surface area (Å²) in [5.74, 6) is 2.60. The van der Waals surface area contributed by atoms with Crippen LogP contribution in [0.1, 0.15) is 6.92 Å². The van der Waals surface area contributed by atoms with Crippen LogP contribution in [0.5, 0.6) is 23.1 Å². The smallest absolute Gasteiger partial charge is 0.257 e. The summed E-state index contributed by atoms with van der Waals surface area (Å²) in [6.45, 7) is 2.71. The standard InChI is InChI=1S/C15H15NO4/c1-3-18-15-13(17-2)7-5-11(16-15)10-4-6-12-14(8-10)20-9-19-12/h4-8H,3,9H2,1-2H3. The molecule has 0 saturated heterocycles. The molecule has 1 aromatic heterocycles. The first kappa shape index (κ1) is 12.6. The lowest BCUT2D eigenvalue weighted by Gasteiger charge is -2.10. The second-order valence-electron chi connectivity index (χ2n) is 4.20. The second kappa shape index (κ2) is 5.28. The fraction of sp³-hybridized carbons (Fsp3) is 0.267. The Balaban J connectivity index is 1.99. The number of rotatable bonds is 4. The number of hydrogen-bond donors (Lipinski definition) is 0. The van der Waals surface area contributed by atoms with E-state index in [0.29, 0.717) is 18.2 Å². The van der Waals surface area contributed by atoms with Gasteiger partial charge in [-0.05, 0) is 37.3 Å². The van der Waals surface area contributed by atoms with Crippen LogP contribution in [0.2, 0.25) is 0 Å². The van der Waals surface area contributed by atoms with Crippen LogP contribution >= 0.6 is 0 Å². The predicted octanol–water partition coefficient (Wildman–Crippen LogP) is 2.88. The fourth-order valence-corrected chi connectivity index (χ4v) is 2.04. The normalized spacial score (nSPS) is 12.3. The van der Waals surface area contributed by atoms with Crippen LogP contribution in [0, 0.1) is 0 Å². The molecule has 2 aromatic rings. The zero-order valence-corrected chi connectivity index (χ0v) is 11.4. The fourth-order valence-electron chi connectivity index (χ4n) is 2.04. The topological polar surface area (TPSA) is 49.8 Å². The van der Waals surface area contributed by atoms with Gasteiger partial charge in [0.15, 0.2) is 17.2 Å². The lowest BCUT2D eigenvalue weighted by Crippen LogP contribution is -1.99. The molecule has 0 aliphatic carbocycles. The molecule has 0 spiro atoms. The number of fused-ring (bicyclic) bond motifs is 1. The first-order valence-corrected chi connectivity index (χ1v) is 6.39. The van der Waals surface area contributed by atoms with Gasteiger partial charge in [-0.2, -0.15) is 0 Å². The van der Waals surface area contributed by atoms with Crippen LogP contribution in [0.4, 0.5) is 0 Å². The summed E-state index contributed by atoms with van der Waals surface area (Å²) in [6, 6.07) is 9.46. The molecule has 0 amide bonds. The maximum absolute atomic E-state index is 5.49. The molecule has 20 heavy (non-hydrogen) atoms. The van der Waals surface area contributed by atoms with Gasteiger partial charge in [0, 0.05) is 5.56 Å². The van der Waals surface area contributed by atoms with Crippen molar-refractivity contribution in [3.8, 4) is 34.4 Å². The van der Waals surface area contributed by atoms with Gasteiger partial charge in [0.1, 0.15) is 0 Å². The van der Waals surface area contributed by atoms with Crippen LogP contribution in [-0.4, -0.2) is 25.5 Å². The largest absolute Gasteiger partial charge is 0.491 e. The Morgan fingerprint density at radius 2 is 2.00 bits per heavy atom. The molecule has 2 heterocycles. The van der Waals surface area contributed by atoms with Gasteiger partial charge in [0.2, 0.25) is 6.79 Å². The number of pyridine rings is 1. The summed E-state index contributed by atoms with van der Waals surface area (Å²) in [5.41, 5.74) is 1.74. The minimum Gasteiger partial charge on any atom is -0.491 e. The molecule has 1 aliphatic rings. The molecule has 0 unspecified atom stereocenters. The third kappa shape index (κ3) is 2.22. The number of hydrogen-bond acceptors (Lipinski definition) is 5. The summed E-state index contributed by atoms with van der Waals surface area (Å²) in [5, 5.41) is 0. The van der Waals surface area contributed by atoms with E-state index in [2.05, 4.69) is 4.98 Å². The third-order valence-electron chi connectivity index (χ3n) is 2.99. The van der Waals surface area contributed by atoms with E-state index in [1.165, 1.54) is 0 Å². The van der Waals surface area contributed by atoms with Crippen molar-refractivity contribution in [2.24, 2.45) is 0 Å². The van der Waals surface area contributed by atoms with Gasteiger partial charge in [0.05, 0.1) is 19.4 Å². The Labute approximate surface area is 117 Å². The molecule has 0 N–H and O–H groups in total. The van der Waals surface area contributed by atoms with Crippen molar-refractivity contribution in [1.82, 2.24) is 4.98 Å². The van der Waals surface area contributed by atoms with E-state index >= 15 is 0 Å². The highest BCUT2D eigenvalue weighted by Crippen LogP contribution is 2.36. The Morgan fingerprint density at radius 3 is 2.80 bits per heavy atom. The molecule has 104 valence electrons. The summed E-state index contributed by atoms with van der Waals surface area (Å²) in [7, 11) is 1.60. The van der Waals surface area contributed by atoms with Crippen molar-refractivity contribution < 1.29 is 18.9 Å². The van der Waals surface area contributed by atoms with Gasteiger partial charge in [0.25, 0.3) is 5.88 Å². The summed E-state index contributed by atoms with van der Waals surface area (Å²) in [4.78, 5) is 4.49. The Bertz CT molecular complexity index is 627. The van der Waals surface area contributed by atoms with E-state index in [-0.39, 0.29) is 6.79 Å². The van der Waals surface area contributed by atoms with Crippen molar-refractivity contribution >= 4 is 0 Å². The van der Waals surface area contributed by atoms with Gasteiger partial charge in [-0.25, -0.2) is 4.98 Å². The average molecular weight is 273 g/mol. The molecular formula is C15H15NO4. The molecule has 3 rings (SSSR count). The van der Waals surface area contributed by atoms with E-state index in [1.54, 1.807) is 7.11 Å². The monoisotopic (exact) mass is 273 g/mol. The van der Waals surface area contributed by atoms with Crippen LogP contribution in [0.25, 0.3) is 11.3 Å². The lowest BCUT2D eigenvalue weighted by atomic mass is 10.1. The zero-order chi connectivity index (χ0) is 13.9. The number of nitrogens with zero attached hydrogens (tertiary/aromatic N) is 1. The highest BCUT2D eigenvalue weighted by atomic mass is 16.7. The molecule has 5 nitrogen and oxygen atoms in total. The SMILES string of the molecule is CCOc1nc(-c2ccc3c(c2)OCO3)ccc1OC. The maximum atomic E-state index is 5.49. The van der Waals surface area contributed by atoms with Crippen molar-refractivity contribution in [3.63, 3.8) is 0 Å². The number of methoxy groups -OCH3 is 1. The van der Waals surface area contributed by atoms with Gasteiger partial charge < -0.3 is 18.9 Å². The summed E-state index contributed by atoms with van der Waals surface area (Å²) < 4.78 is 21.4. The first-order valence-electron chi connectivity index (χ1n) is 6.39. The molecule has 1 aliphatic heterocycles. The predicted molar refractivity (Wildman–Crippen MR) is 73.5 cm³/mol. The maximum Gasteiger partial charge on any atom is 0.257 e. The molecule has 5 heteroatoms. The molecule has 0 fully saturated rings. The summed E-state index contributed by atoms with van der Waals surface area (Å²) in [6.07, 6.45) is 0. The van der Waals surface area contributed by atoms with Crippen molar-refractivity contribution in [3.05, 3.63) is 30.3 Å². The zero-order valence-electron chi connectivity index (χ0n) is 11.4. The van der Waals surface area contributed by atoms with Gasteiger partial charge in [-0.1, -0.05) is 0 Å². The van der Waals surface area contributed by atoms with Crippen LogP contribution in [0.3, 0.4) is 0 Å². The van der Waals surface area contributed by atoms with E-state index in [1.807, 2.05) is 37.3 Å². The number of aromatic nitrogens is 1. The Kier molecular flexibility index (Phi) is 3.33. The highest BCUT2D eigenvalue weighted by molar-refractivity contribution is 5.65. The van der Waals surface area contributed by atoms with Gasteiger partial charge in [-0.3, -0.25) is 0 Å².